The van der Waals surface area contributed by atoms with E-state index >= 15 is 0 Å². The molecule has 18 heavy (non-hydrogen) atoms. The van der Waals surface area contributed by atoms with Gasteiger partial charge in [0.1, 0.15) is 0 Å². The Hall–Kier alpha value is -1.42. The number of aromatic nitrogens is 1. The molecule has 2 aliphatic rings. The first-order valence-electron chi connectivity index (χ1n) is 6.69. The van der Waals surface area contributed by atoms with Gasteiger partial charge in [0.05, 0.1) is 23.9 Å². The van der Waals surface area contributed by atoms with Gasteiger partial charge in [0, 0.05) is 18.7 Å². The van der Waals surface area contributed by atoms with Crippen LogP contribution in [0.3, 0.4) is 0 Å². The van der Waals surface area contributed by atoms with E-state index in [-0.39, 0.29) is 12.0 Å². The van der Waals surface area contributed by atoms with E-state index in [1.54, 1.807) is 6.20 Å². The number of amides is 1. The van der Waals surface area contributed by atoms with Gasteiger partial charge in [-0.15, -0.1) is 0 Å². The number of rotatable bonds is 4. The van der Waals surface area contributed by atoms with E-state index in [2.05, 4.69) is 10.3 Å². The maximum Gasteiger partial charge on any atom is 0.227 e. The van der Waals surface area contributed by atoms with Crippen molar-refractivity contribution in [1.82, 2.24) is 4.98 Å². The minimum Gasteiger partial charge on any atom is -0.378 e. The highest BCUT2D eigenvalue weighted by molar-refractivity contribution is 5.91. The van der Waals surface area contributed by atoms with Crippen molar-refractivity contribution >= 4 is 11.6 Å². The second kappa shape index (κ2) is 5.06. The van der Waals surface area contributed by atoms with E-state index in [1.807, 2.05) is 12.1 Å². The molecule has 1 aliphatic heterocycles. The summed E-state index contributed by atoms with van der Waals surface area (Å²) >= 11 is 0. The first kappa shape index (κ1) is 11.7. The third kappa shape index (κ3) is 2.70. The van der Waals surface area contributed by atoms with Gasteiger partial charge in [0.2, 0.25) is 5.91 Å². The van der Waals surface area contributed by atoms with Crippen LogP contribution in [0.25, 0.3) is 0 Å². The molecule has 1 aromatic rings. The summed E-state index contributed by atoms with van der Waals surface area (Å²) in [5, 5.41) is 2.98. The summed E-state index contributed by atoms with van der Waals surface area (Å²) in [5.41, 5.74) is 1.92. The zero-order valence-electron chi connectivity index (χ0n) is 10.4. The lowest BCUT2D eigenvalue weighted by molar-refractivity contribution is -0.118. The van der Waals surface area contributed by atoms with Crippen molar-refractivity contribution in [3.05, 3.63) is 24.0 Å². The van der Waals surface area contributed by atoms with Gasteiger partial charge in [-0.05, 0) is 37.8 Å². The van der Waals surface area contributed by atoms with Crippen LogP contribution in [0.15, 0.2) is 18.3 Å². The average molecular weight is 246 g/mol. The van der Waals surface area contributed by atoms with Crippen molar-refractivity contribution in [2.75, 3.05) is 11.9 Å². The van der Waals surface area contributed by atoms with Crippen molar-refractivity contribution in [3.63, 3.8) is 0 Å². The SMILES string of the molecule is O=C(CC1CCCO1)Nc1cccnc1C1CC1. The Labute approximate surface area is 107 Å². The highest BCUT2D eigenvalue weighted by atomic mass is 16.5. The largest absolute Gasteiger partial charge is 0.378 e. The van der Waals surface area contributed by atoms with Crippen molar-refractivity contribution in [1.29, 1.82) is 0 Å². The number of nitrogens with zero attached hydrogens (tertiary/aromatic N) is 1. The Morgan fingerprint density at radius 3 is 3.06 bits per heavy atom. The summed E-state index contributed by atoms with van der Waals surface area (Å²) in [6.07, 6.45) is 6.79. The normalized spacial score (nSPS) is 23.0. The Balaban J connectivity index is 1.62. The van der Waals surface area contributed by atoms with Crippen LogP contribution in [-0.2, 0) is 9.53 Å². The van der Waals surface area contributed by atoms with Gasteiger partial charge in [0.25, 0.3) is 0 Å². The maximum absolute atomic E-state index is 11.9. The average Bonchev–Trinajstić information content (AvgIpc) is 3.09. The molecule has 1 atom stereocenters. The molecular weight excluding hydrogens is 228 g/mol. The molecule has 96 valence electrons. The molecule has 0 spiro atoms. The molecule has 1 saturated carbocycles. The van der Waals surface area contributed by atoms with Gasteiger partial charge < -0.3 is 10.1 Å². The lowest BCUT2D eigenvalue weighted by Gasteiger charge is -2.12. The summed E-state index contributed by atoms with van der Waals surface area (Å²) in [6.45, 7) is 0.790. The Morgan fingerprint density at radius 1 is 1.44 bits per heavy atom. The molecule has 0 bridgehead atoms. The first-order valence-corrected chi connectivity index (χ1v) is 6.69. The predicted molar refractivity (Wildman–Crippen MR) is 68.4 cm³/mol. The van der Waals surface area contributed by atoms with Crippen LogP contribution in [0, 0.1) is 0 Å². The fourth-order valence-corrected chi connectivity index (χ4v) is 2.42. The molecule has 4 heteroatoms. The fourth-order valence-electron chi connectivity index (χ4n) is 2.42. The van der Waals surface area contributed by atoms with Crippen LogP contribution in [0.4, 0.5) is 5.69 Å². The highest BCUT2D eigenvalue weighted by Gasteiger charge is 2.28. The van der Waals surface area contributed by atoms with Crippen LogP contribution < -0.4 is 5.32 Å². The molecule has 0 radical (unpaired) electrons. The molecule has 2 fully saturated rings. The van der Waals surface area contributed by atoms with Crippen LogP contribution in [-0.4, -0.2) is 23.6 Å². The standard InChI is InChI=1S/C14H18N2O2/c17-13(9-11-3-2-8-18-11)16-12-4-1-7-15-14(12)10-5-6-10/h1,4,7,10-11H,2-3,5-6,8-9H2,(H,16,17). The Kier molecular flexibility index (Phi) is 3.28. The number of anilines is 1. The van der Waals surface area contributed by atoms with Crippen molar-refractivity contribution < 1.29 is 9.53 Å². The zero-order chi connectivity index (χ0) is 12.4. The van der Waals surface area contributed by atoms with Crippen LogP contribution in [0.5, 0.6) is 0 Å². The molecule has 2 heterocycles. The minimum atomic E-state index is 0.0387. The van der Waals surface area contributed by atoms with E-state index in [9.17, 15) is 4.79 Å². The van der Waals surface area contributed by atoms with Crippen LogP contribution >= 0.6 is 0 Å². The number of carbonyl (C=O) groups is 1. The molecule has 1 saturated heterocycles. The summed E-state index contributed by atoms with van der Waals surface area (Å²) in [5.74, 6) is 0.584. The van der Waals surface area contributed by atoms with E-state index in [0.717, 1.165) is 30.8 Å². The van der Waals surface area contributed by atoms with Gasteiger partial charge in [0.15, 0.2) is 0 Å². The molecule has 4 nitrogen and oxygen atoms in total. The van der Waals surface area contributed by atoms with Crippen molar-refractivity contribution in [2.24, 2.45) is 0 Å². The minimum absolute atomic E-state index is 0.0387. The summed E-state index contributed by atoms with van der Waals surface area (Å²) < 4.78 is 5.47. The second-order valence-electron chi connectivity index (χ2n) is 5.10. The number of hydrogen-bond acceptors (Lipinski definition) is 3. The predicted octanol–water partition coefficient (Wildman–Crippen LogP) is 2.47. The molecule has 1 amide bonds. The molecule has 0 aromatic carbocycles. The zero-order valence-corrected chi connectivity index (χ0v) is 10.4. The number of pyridine rings is 1. The second-order valence-corrected chi connectivity index (χ2v) is 5.10. The van der Waals surface area contributed by atoms with E-state index < -0.39 is 0 Å². The summed E-state index contributed by atoms with van der Waals surface area (Å²) in [6, 6.07) is 3.81. The van der Waals surface area contributed by atoms with E-state index in [0.29, 0.717) is 12.3 Å². The fraction of sp³-hybridized carbons (Fsp3) is 0.571. The Bertz CT molecular complexity index is 437. The Morgan fingerprint density at radius 2 is 2.33 bits per heavy atom. The number of hydrogen-bond donors (Lipinski definition) is 1. The van der Waals surface area contributed by atoms with Crippen molar-refractivity contribution in [3.8, 4) is 0 Å². The highest BCUT2D eigenvalue weighted by Crippen LogP contribution is 2.42. The first-order chi connectivity index (χ1) is 8.83. The smallest absolute Gasteiger partial charge is 0.227 e. The monoisotopic (exact) mass is 246 g/mol. The van der Waals surface area contributed by atoms with Crippen molar-refractivity contribution in [2.45, 2.75) is 44.1 Å². The third-order valence-corrected chi connectivity index (χ3v) is 3.51. The summed E-state index contributed by atoms with van der Waals surface area (Å²) in [4.78, 5) is 16.3. The van der Waals surface area contributed by atoms with Gasteiger partial charge in [-0.2, -0.15) is 0 Å². The molecule has 1 aliphatic carbocycles. The summed E-state index contributed by atoms with van der Waals surface area (Å²) in [7, 11) is 0. The van der Waals surface area contributed by atoms with Crippen LogP contribution in [0.2, 0.25) is 0 Å². The van der Waals surface area contributed by atoms with E-state index in [4.69, 9.17) is 4.74 Å². The lowest BCUT2D eigenvalue weighted by Crippen LogP contribution is -2.20. The third-order valence-electron chi connectivity index (χ3n) is 3.51. The van der Waals surface area contributed by atoms with Gasteiger partial charge in [-0.25, -0.2) is 0 Å². The van der Waals surface area contributed by atoms with Gasteiger partial charge in [-0.3, -0.25) is 9.78 Å². The number of nitrogens with one attached hydrogen (secondary N) is 1. The molecule has 1 N–H and O–H groups in total. The van der Waals surface area contributed by atoms with E-state index in [1.165, 1.54) is 12.8 Å². The van der Waals surface area contributed by atoms with Gasteiger partial charge >= 0.3 is 0 Å². The van der Waals surface area contributed by atoms with Gasteiger partial charge in [-0.1, -0.05) is 0 Å². The maximum atomic E-state index is 11.9. The molecular formula is C14H18N2O2. The topological polar surface area (TPSA) is 51.2 Å². The molecule has 1 aromatic heterocycles. The molecule has 3 rings (SSSR count). The van der Waals surface area contributed by atoms with Crippen LogP contribution in [0.1, 0.15) is 43.7 Å². The number of ether oxygens (including phenoxy) is 1. The quantitative estimate of drug-likeness (QED) is 0.887. The number of carbonyl (C=O) groups excluding carboxylic acids is 1. The molecule has 1 unspecified atom stereocenters. The lowest BCUT2D eigenvalue weighted by atomic mass is 10.1.